The third-order valence-corrected chi connectivity index (χ3v) is 2.59. The van der Waals surface area contributed by atoms with Crippen LogP contribution in [-0.2, 0) is 0 Å². The summed E-state index contributed by atoms with van der Waals surface area (Å²) in [5.41, 5.74) is 0. The fourth-order valence-electron chi connectivity index (χ4n) is 1.22. The maximum atomic E-state index is 4.19. The monoisotopic (exact) mass is 267 g/mol. The Morgan fingerprint density at radius 2 is 2.33 bits per heavy atom. The molecule has 0 bridgehead atoms. The molecule has 0 spiro atoms. The summed E-state index contributed by atoms with van der Waals surface area (Å²) in [4.78, 5) is 12.3. The molecule has 0 fully saturated rings. The summed E-state index contributed by atoms with van der Waals surface area (Å²) in [6.07, 6.45) is 6.77. The van der Waals surface area contributed by atoms with Gasteiger partial charge in [0.1, 0.15) is 22.9 Å². The van der Waals surface area contributed by atoms with E-state index in [2.05, 4.69) is 36.2 Å². The molecular weight excluding hydrogens is 258 g/mol. The topological polar surface area (TPSA) is 55.6 Å². The van der Waals surface area contributed by atoms with Crippen molar-refractivity contribution >= 4 is 21.7 Å². The van der Waals surface area contributed by atoms with Crippen molar-refractivity contribution in [2.24, 2.45) is 0 Å². The van der Waals surface area contributed by atoms with Crippen LogP contribution in [0.5, 0.6) is 0 Å². The highest BCUT2D eigenvalue weighted by Gasteiger charge is 2.08. The molecule has 0 saturated heterocycles. The quantitative estimate of drug-likeness (QED) is 0.923. The molecule has 6 heteroatoms. The van der Waals surface area contributed by atoms with Gasteiger partial charge in [-0.05, 0) is 22.9 Å². The van der Waals surface area contributed by atoms with Gasteiger partial charge in [-0.25, -0.2) is 15.0 Å². The first kappa shape index (κ1) is 10.1. The van der Waals surface area contributed by atoms with Crippen LogP contribution < -0.4 is 5.32 Å². The zero-order valence-corrected chi connectivity index (χ0v) is 9.77. The minimum absolute atomic E-state index is 0.776. The Morgan fingerprint density at radius 1 is 1.47 bits per heavy atom. The summed E-state index contributed by atoms with van der Waals surface area (Å²) in [6, 6.07) is 0. The molecule has 0 aliphatic heterocycles. The summed E-state index contributed by atoms with van der Waals surface area (Å²) < 4.78 is 2.66. The van der Waals surface area contributed by atoms with Gasteiger partial charge < -0.3 is 5.32 Å². The molecule has 1 N–H and O–H groups in total. The third-order valence-electron chi connectivity index (χ3n) is 1.86. The van der Waals surface area contributed by atoms with Crippen molar-refractivity contribution in [1.82, 2.24) is 19.5 Å². The Bertz CT molecular complexity index is 440. The van der Waals surface area contributed by atoms with Crippen LogP contribution in [0.4, 0.5) is 5.82 Å². The number of anilines is 1. The lowest BCUT2D eigenvalue weighted by Gasteiger charge is -2.08. The van der Waals surface area contributed by atoms with Crippen molar-refractivity contribution in [1.29, 1.82) is 0 Å². The Balaban J connectivity index is 2.45. The molecule has 0 saturated carbocycles. The molecule has 0 radical (unpaired) electrons. The standard InChI is InChI=1S/C9H10BrN5/c1-2-12-8-7(10)9(14-5-13-8)15-4-3-11-6-15/h3-6H,2H2,1H3,(H,12,13,14). The van der Waals surface area contributed by atoms with E-state index in [0.29, 0.717) is 0 Å². The van der Waals surface area contributed by atoms with Gasteiger partial charge in [-0.15, -0.1) is 0 Å². The lowest BCUT2D eigenvalue weighted by atomic mass is 10.5. The molecule has 2 heterocycles. The van der Waals surface area contributed by atoms with Gasteiger partial charge in [-0.1, -0.05) is 0 Å². The van der Waals surface area contributed by atoms with Crippen LogP contribution in [0.3, 0.4) is 0 Å². The van der Waals surface area contributed by atoms with Crippen molar-refractivity contribution in [2.75, 3.05) is 11.9 Å². The highest BCUT2D eigenvalue weighted by atomic mass is 79.9. The second kappa shape index (κ2) is 4.39. The number of halogens is 1. The maximum absolute atomic E-state index is 4.19. The van der Waals surface area contributed by atoms with E-state index in [9.17, 15) is 0 Å². The van der Waals surface area contributed by atoms with E-state index in [0.717, 1.165) is 22.7 Å². The smallest absolute Gasteiger partial charge is 0.157 e. The van der Waals surface area contributed by atoms with Crippen molar-refractivity contribution < 1.29 is 0 Å². The van der Waals surface area contributed by atoms with Crippen LogP contribution in [0.2, 0.25) is 0 Å². The van der Waals surface area contributed by atoms with Crippen molar-refractivity contribution in [2.45, 2.75) is 6.92 Å². The number of hydrogen-bond acceptors (Lipinski definition) is 4. The summed E-state index contributed by atoms with van der Waals surface area (Å²) in [6.45, 7) is 2.84. The molecule has 0 aliphatic carbocycles. The molecule has 5 nitrogen and oxygen atoms in total. The van der Waals surface area contributed by atoms with Crippen molar-refractivity contribution in [3.8, 4) is 5.82 Å². The average molecular weight is 268 g/mol. The van der Waals surface area contributed by atoms with E-state index in [1.54, 1.807) is 12.5 Å². The van der Waals surface area contributed by atoms with Gasteiger partial charge in [0.2, 0.25) is 0 Å². The number of nitrogens with zero attached hydrogens (tertiary/aromatic N) is 4. The van der Waals surface area contributed by atoms with Gasteiger partial charge in [0.25, 0.3) is 0 Å². The van der Waals surface area contributed by atoms with Crippen LogP contribution >= 0.6 is 15.9 Å². The van der Waals surface area contributed by atoms with E-state index in [-0.39, 0.29) is 0 Å². The SMILES string of the molecule is CCNc1ncnc(-n2ccnc2)c1Br. The van der Waals surface area contributed by atoms with Crippen LogP contribution in [0.1, 0.15) is 6.92 Å². The molecule has 0 amide bonds. The first-order chi connectivity index (χ1) is 7.33. The average Bonchev–Trinajstić information content (AvgIpc) is 2.74. The summed E-state index contributed by atoms with van der Waals surface area (Å²) in [5.74, 6) is 1.56. The van der Waals surface area contributed by atoms with Gasteiger partial charge in [0.05, 0.1) is 0 Å². The zero-order valence-electron chi connectivity index (χ0n) is 8.18. The lowest BCUT2D eigenvalue weighted by Crippen LogP contribution is -2.04. The van der Waals surface area contributed by atoms with E-state index in [1.165, 1.54) is 6.33 Å². The largest absolute Gasteiger partial charge is 0.369 e. The molecule has 0 unspecified atom stereocenters. The molecular formula is C9H10BrN5. The van der Waals surface area contributed by atoms with Gasteiger partial charge in [-0.2, -0.15) is 0 Å². The van der Waals surface area contributed by atoms with Crippen LogP contribution in [0.25, 0.3) is 5.82 Å². The van der Waals surface area contributed by atoms with Crippen molar-refractivity contribution in [3.05, 3.63) is 29.5 Å². The van der Waals surface area contributed by atoms with Crippen molar-refractivity contribution in [3.63, 3.8) is 0 Å². The normalized spacial score (nSPS) is 10.3. The Hall–Kier alpha value is -1.43. The van der Waals surface area contributed by atoms with Gasteiger partial charge in [0, 0.05) is 18.9 Å². The predicted octanol–water partition coefficient (Wildman–Crippen LogP) is 1.86. The molecule has 0 aromatic carbocycles. The summed E-state index contributed by atoms with van der Waals surface area (Å²) in [7, 11) is 0. The van der Waals surface area contributed by atoms with Crippen LogP contribution in [-0.4, -0.2) is 26.1 Å². The summed E-state index contributed by atoms with van der Waals surface area (Å²) in [5, 5.41) is 3.15. The molecule has 2 rings (SSSR count). The Kier molecular flexibility index (Phi) is 2.96. The molecule has 15 heavy (non-hydrogen) atoms. The second-order valence-electron chi connectivity index (χ2n) is 2.86. The van der Waals surface area contributed by atoms with E-state index in [1.807, 2.05) is 17.7 Å². The van der Waals surface area contributed by atoms with Gasteiger partial charge >= 0.3 is 0 Å². The maximum Gasteiger partial charge on any atom is 0.157 e. The van der Waals surface area contributed by atoms with E-state index < -0.39 is 0 Å². The number of rotatable bonds is 3. The second-order valence-corrected chi connectivity index (χ2v) is 3.65. The third kappa shape index (κ3) is 1.99. The van der Waals surface area contributed by atoms with E-state index >= 15 is 0 Å². The molecule has 78 valence electrons. The number of nitrogens with one attached hydrogen (secondary N) is 1. The number of hydrogen-bond donors (Lipinski definition) is 1. The lowest BCUT2D eigenvalue weighted by molar-refractivity contribution is 0.956. The minimum atomic E-state index is 0.776. The highest BCUT2D eigenvalue weighted by Crippen LogP contribution is 2.24. The van der Waals surface area contributed by atoms with Gasteiger partial charge in [-0.3, -0.25) is 4.57 Å². The van der Waals surface area contributed by atoms with Crippen LogP contribution in [0, 0.1) is 0 Å². The fraction of sp³-hybridized carbons (Fsp3) is 0.222. The number of imidazole rings is 1. The first-order valence-electron chi connectivity index (χ1n) is 4.55. The van der Waals surface area contributed by atoms with Gasteiger partial charge in [0.15, 0.2) is 5.82 Å². The summed E-state index contributed by atoms with van der Waals surface area (Å²) >= 11 is 3.47. The Morgan fingerprint density at radius 3 is 3.00 bits per heavy atom. The Labute approximate surface area is 95.7 Å². The predicted molar refractivity (Wildman–Crippen MR) is 61.0 cm³/mol. The molecule has 2 aromatic heterocycles. The molecule has 0 aliphatic rings. The van der Waals surface area contributed by atoms with E-state index in [4.69, 9.17) is 0 Å². The number of aromatic nitrogens is 4. The molecule has 0 atom stereocenters. The van der Waals surface area contributed by atoms with Crippen LogP contribution in [0.15, 0.2) is 29.5 Å². The first-order valence-corrected chi connectivity index (χ1v) is 5.35. The molecule has 2 aromatic rings. The zero-order chi connectivity index (χ0) is 10.7. The highest BCUT2D eigenvalue weighted by molar-refractivity contribution is 9.10. The fourth-order valence-corrected chi connectivity index (χ4v) is 1.77. The minimum Gasteiger partial charge on any atom is -0.369 e.